The van der Waals surface area contributed by atoms with Crippen molar-refractivity contribution in [3.8, 4) is 0 Å². The number of likely N-dealkylation sites (N-methyl/N-ethyl adjacent to an activating group) is 1. The SMILES string of the molecule is CCN[C@H](C)CNC(=O)c1nc2nccc(C)n2n1.Cl.Cl. The van der Waals surface area contributed by atoms with Gasteiger partial charge >= 0.3 is 0 Å². The zero-order valence-corrected chi connectivity index (χ0v) is 13.8. The van der Waals surface area contributed by atoms with Gasteiger partial charge < -0.3 is 10.6 Å². The molecule has 1 amide bonds. The summed E-state index contributed by atoms with van der Waals surface area (Å²) in [6, 6.07) is 2.03. The summed E-state index contributed by atoms with van der Waals surface area (Å²) in [5, 5.41) is 10.2. The number of aromatic nitrogens is 4. The molecule has 9 heteroatoms. The van der Waals surface area contributed by atoms with E-state index in [1.54, 1.807) is 10.7 Å². The van der Waals surface area contributed by atoms with Gasteiger partial charge in [0.05, 0.1) is 0 Å². The Morgan fingerprint density at radius 2 is 2.14 bits per heavy atom. The van der Waals surface area contributed by atoms with E-state index < -0.39 is 0 Å². The van der Waals surface area contributed by atoms with Gasteiger partial charge in [-0.2, -0.15) is 4.98 Å². The number of rotatable bonds is 5. The second-order valence-electron chi connectivity index (χ2n) is 4.40. The molecule has 2 heterocycles. The molecule has 118 valence electrons. The molecule has 21 heavy (non-hydrogen) atoms. The van der Waals surface area contributed by atoms with Crippen molar-refractivity contribution in [2.24, 2.45) is 0 Å². The highest BCUT2D eigenvalue weighted by atomic mass is 35.5. The smallest absolute Gasteiger partial charge is 0.291 e. The monoisotopic (exact) mass is 334 g/mol. The maximum Gasteiger partial charge on any atom is 0.291 e. The van der Waals surface area contributed by atoms with E-state index in [2.05, 4.69) is 25.7 Å². The number of aryl methyl sites for hydroxylation is 1. The Bertz CT molecular complexity index is 588. The number of carbonyl (C=O) groups excluding carboxylic acids is 1. The Balaban J connectivity index is 0.00000200. The van der Waals surface area contributed by atoms with Crippen LogP contribution in [0.1, 0.15) is 30.2 Å². The van der Waals surface area contributed by atoms with Crippen LogP contribution in [0.5, 0.6) is 0 Å². The van der Waals surface area contributed by atoms with Crippen LogP contribution in [-0.2, 0) is 0 Å². The molecule has 0 aliphatic heterocycles. The summed E-state index contributed by atoms with van der Waals surface area (Å²) in [5.74, 6) is 0.296. The minimum Gasteiger partial charge on any atom is -0.348 e. The number of fused-ring (bicyclic) bond motifs is 1. The standard InChI is InChI=1S/C12H18N6O.2ClH/c1-4-13-8(2)7-15-11(19)10-16-12-14-6-5-9(3)18(12)17-10;;/h5-6,8,13H,4,7H2,1-3H3,(H,15,19);2*1H/t8-;;/m1../s1. The highest BCUT2D eigenvalue weighted by Crippen LogP contribution is 2.01. The topological polar surface area (TPSA) is 84.2 Å². The van der Waals surface area contributed by atoms with E-state index in [9.17, 15) is 4.79 Å². The highest BCUT2D eigenvalue weighted by Gasteiger charge is 2.14. The number of nitrogens with zero attached hydrogens (tertiary/aromatic N) is 4. The lowest BCUT2D eigenvalue weighted by molar-refractivity contribution is 0.0940. The lowest BCUT2D eigenvalue weighted by Crippen LogP contribution is -2.39. The Kier molecular flexibility index (Phi) is 8.16. The van der Waals surface area contributed by atoms with Crippen LogP contribution in [0.4, 0.5) is 0 Å². The summed E-state index contributed by atoms with van der Waals surface area (Å²) in [5.41, 5.74) is 0.887. The first kappa shape index (κ1) is 19.6. The first-order chi connectivity index (χ1) is 9.11. The van der Waals surface area contributed by atoms with E-state index in [-0.39, 0.29) is 42.6 Å². The van der Waals surface area contributed by atoms with E-state index in [0.29, 0.717) is 12.3 Å². The minimum absolute atomic E-state index is 0. The number of amides is 1. The van der Waals surface area contributed by atoms with E-state index in [1.807, 2.05) is 26.8 Å². The Morgan fingerprint density at radius 1 is 1.43 bits per heavy atom. The molecule has 2 N–H and O–H groups in total. The maximum absolute atomic E-state index is 11.9. The number of hydrogen-bond acceptors (Lipinski definition) is 5. The molecule has 0 aliphatic carbocycles. The lowest BCUT2D eigenvalue weighted by Gasteiger charge is -2.11. The third-order valence-electron chi connectivity index (χ3n) is 2.75. The quantitative estimate of drug-likeness (QED) is 0.852. The molecule has 2 rings (SSSR count). The van der Waals surface area contributed by atoms with Crippen molar-refractivity contribution in [1.29, 1.82) is 0 Å². The van der Waals surface area contributed by atoms with Gasteiger partial charge in [0.2, 0.25) is 5.82 Å². The fourth-order valence-electron chi connectivity index (χ4n) is 1.75. The van der Waals surface area contributed by atoms with Crippen molar-refractivity contribution in [2.45, 2.75) is 26.8 Å². The Hall–Kier alpha value is -1.44. The largest absolute Gasteiger partial charge is 0.348 e. The fourth-order valence-corrected chi connectivity index (χ4v) is 1.75. The summed E-state index contributed by atoms with van der Waals surface area (Å²) in [7, 11) is 0. The molecule has 0 radical (unpaired) electrons. The highest BCUT2D eigenvalue weighted by molar-refractivity contribution is 5.90. The van der Waals surface area contributed by atoms with E-state index in [0.717, 1.165) is 12.2 Å². The van der Waals surface area contributed by atoms with Crippen molar-refractivity contribution >= 4 is 36.5 Å². The number of hydrogen-bond donors (Lipinski definition) is 2. The summed E-state index contributed by atoms with van der Waals surface area (Å²) in [4.78, 5) is 20.1. The van der Waals surface area contributed by atoms with Gasteiger partial charge in [0.25, 0.3) is 11.7 Å². The number of nitrogens with one attached hydrogen (secondary N) is 2. The maximum atomic E-state index is 11.9. The first-order valence-electron chi connectivity index (χ1n) is 6.31. The van der Waals surface area contributed by atoms with Crippen molar-refractivity contribution in [3.05, 3.63) is 23.8 Å². The molecule has 0 aromatic carbocycles. The van der Waals surface area contributed by atoms with Crippen LogP contribution in [0.25, 0.3) is 5.78 Å². The third-order valence-corrected chi connectivity index (χ3v) is 2.75. The van der Waals surface area contributed by atoms with Crippen LogP contribution in [-0.4, -0.2) is 44.6 Å². The van der Waals surface area contributed by atoms with Crippen LogP contribution >= 0.6 is 24.8 Å². The minimum atomic E-state index is -0.283. The van der Waals surface area contributed by atoms with Crippen LogP contribution in [0, 0.1) is 6.92 Å². The molecule has 0 unspecified atom stereocenters. The normalized spacial score (nSPS) is 11.4. The van der Waals surface area contributed by atoms with Gasteiger partial charge in [0.1, 0.15) is 0 Å². The van der Waals surface area contributed by atoms with Gasteiger partial charge in [-0.1, -0.05) is 6.92 Å². The fraction of sp³-hybridized carbons (Fsp3) is 0.500. The van der Waals surface area contributed by atoms with E-state index >= 15 is 0 Å². The summed E-state index contributed by atoms with van der Waals surface area (Å²) < 4.78 is 1.56. The van der Waals surface area contributed by atoms with Crippen molar-refractivity contribution < 1.29 is 4.79 Å². The molecule has 0 fully saturated rings. The second-order valence-corrected chi connectivity index (χ2v) is 4.40. The molecule has 0 bridgehead atoms. The van der Waals surface area contributed by atoms with Crippen LogP contribution in [0.15, 0.2) is 12.3 Å². The number of carbonyl (C=O) groups is 1. The van der Waals surface area contributed by atoms with Gasteiger partial charge in [-0.25, -0.2) is 9.50 Å². The first-order valence-corrected chi connectivity index (χ1v) is 6.31. The molecule has 2 aromatic heterocycles. The molecule has 0 saturated heterocycles. The molecule has 1 atom stereocenters. The average Bonchev–Trinajstić information content (AvgIpc) is 2.82. The summed E-state index contributed by atoms with van der Waals surface area (Å²) in [6.45, 7) is 7.32. The van der Waals surface area contributed by atoms with Crippen LogP contribution < -0.4 is 10.6 Å². The van der Waals surface area contributed by atoms with E-state index in [1.165, 1.54) is 0 Å². The van der Waals surface area contributed by atoms with Crippen LogP contribution in [0.3, 0.4) is 0 Å². The summed E-state index contributed by atoms with van der Waals surface area (Å²) >= 11 is 0. The molecule has 0 spiro atoms. The Morgan fingerprint density at radius 3 is 2.76 bits per heavy atom. The molecular formula is C12H20Cl2N6O. The van der Waals surface area contributed by atoms with Crippen molar-refractivity contribution in [1.82, 2.24) is 30.2 Å². The number of halogens is 2. The zero-order chi connectivity index (χ0) is 13.8. The van der Waals surface area contributed by atoms with Crippen LogP contribution in [0.2, 0.25) is 0 Å². The van der Waals surface area contributed by atoms with Gasteiger partial charge in [-0.05, 0) is 26.5 Å². The predicted molar refractivity (Wildman–Crippen MR) is 85.5 cm³/mol. The summed E-state index contributed by atoms with van der Waals surface area (Å²) in [6.07, 6.45) is 1.65. The second kappa shape index (κ2) is 8.76. The van der Waals surface area contributed by atoms with Gasteiger partial charge in [0, 0.05) is 24.5 Å². The molecule has 2 aromatic rings. The Labute approximate surface area is 135 Å². The molecular weight excluding hydrogens is 315 g/mol. The lowest BCUT2D eigenvalue weighted by atomic mass is 10.3. The van der Waals surface area contributed by atoms with Crippen molar-refractivity contribution in [3.63, 3.8) is 0 Å². The zero-order valence-electron chi connectivity index (χ0n) is 12.2. The van der Waals surface area contributed by atoms with Gasteiger partial charge in [-0.15, -0.1) is 29.9 Å². The van der Waals surface area contributed by atoms with E-state index in [4.69, 9.17) is 0 Å². The van der Waals surface area contributed by atoms with Gasteiger partial charge in [0.15, 0.2) is 0 Å². The molecule has 0 aliphatic rings. The van der Waals surface area contributed by atoms with Gasteiger partial charge in [-0.3, -0.25) is 4.79 Å². The van der Waals surface area contributed by atoms with Crippen molar-refractivity contribution in [2.75, 3.05) is 13.1 Å². The molecule has 7 nitrogen and oxygen atoms in total. The predicted octanol–water partition coefficient (Wildman–Crippen LogP) is 1.00. The third kappa shape index (κ3) is 4.80. The molecule has 0 saturated carbocycles. The average molecular weight is 335 g/mol.